The minimum absolute atomic E-state index is 0.0889. The lowest BCUT2D eigenvalue weighted by atomic mass is 10.2. The van der Waals surface area contributed by atoms with E-state index in [1.165, 1.54) is 11.8 Å². The van der Waals surface area contributed by atoms with Crippen molar-refractivity contribution in [2.45, 2.75) is 25.1 Å². The number of morpholine rings is 1. The van der Waals surface area contributed by atoms with E-state index >= 15 is 0 Å². The first-order chi connectivity index (χ1) is 11.5. The number of hydrogen-bond donors (Lipinski definition) is 0. The van der Waals surface area contributed by atoms with Crippen LogP contribution in [0.1, 0.15) is 12.5 Å². The van der Waals surface area contributed by atoms with Crippen molar-refractivity contribution in [1.82, 2.24) is 19.7 Å². The van der Waals surface area contributed by atoms with Crippen molar-refractivity contribution in [1.29, 1.82) is 0 Å². The molecule has 0 bridgehead atoms. The lowest BCUT2D eigenvalue weighted by Gasteiger charge is -2.31. The standard InChI is InChI=1S/C16H19ClN4O2S/c1-11-3-4-13(7-14(11)17)21-10-18-19-16(21)24-9-15(22)20-5-6-23-12(2)8-20/h3-4,7,10,12H,5-6,8-9H2,1-2H3. The minimum Gasteiger partial charge on any atom is -0.375 e. The third kappa shape index (κ3) is 3.91. The van der Waals surface area contributed by atoms with Gasteiger partial charge < -0.3 is 9.64 Å². The molecule has 6 nitrogen and oxygen atoms in total. The zero-order valence-electron chi connectivity index (χ0n) is 13.6. The SMILES string of the molecule is Cc1ccc(-n2cnnc2SCC(=O)N2CCOC(C)C2)cc1Cl. The number of carbonyl (C=O) groups is 1. The third-order valence-electron chi connectivity index (χ3n) is 3.87. The zero-order valence-corrected chi connectivity index (χ0v) is 15.2. The highest BCUT2D eigenvalue weighted by atomic mass is 35.5. The van der Waals surface area contributed by atoms with Gasteiger partial charge in [0, 0.05) is 18.1 Å². The van der Waals surface area contributed by atoms with Crippen molar-refractivity contribution in [2.24, 2.45) is 0 Å². The first-order valence-corrected chi connectivity index (χ1v) is 9.09. The van der Waals surface area contributed by atoms with Gasteiger partial charge in [-0.25, -0.2) is 0 Å². The molecule has 1 aromatic heterocycles. The van der Waals surface area contributed by atoms with E-state index in [0.717, 1.165) is 11.3 Å². The molecule has 1 amide bonds. The molecular formula is C16H19ClN4O2S. The molecule has 1 saturated heterocycles. The number of aryl methyl sites for hydroxylation is 1. The first kappa shape index (κ1) is 17.3. The second-order valence-electron chi connectivity index (χ2n) is 5.73. The zero-order chi connectivity index (χ0) is 17.1. The molecule has 1 unspecified atom stereocenters. The number of aromatic nitrogens is 3. The van der Waals surface area contributed by atoms with Crippen molar-refractivity contribution < 1.29 is 9.53 Å². The Hall–Kier alpha value is -1.57. The summed E-state index contributed by atoms with van der Waals surface area (Å²) in [5.41, 5.74) is 1.89. The van der Waals surface area contributed by atoms with Crippen LogP contribution >= 0.6 is 23.4 Å². The number of ether oxygens (including phenoxy) is 1. The van der Waals surface area contributed by atoms with E-state index in [2.05, 4.69) is 10.2 Å². The average Bonchev–Trinajstić information content (AvgIpc) is 3.03. The number of rotatable bonds is 4. The summed E-state index contributed by atoms with van der Waals surface area (Å²) in [6.07, 6.45) is 1.72. The fourth-order valence-corrected chi connectivity index (χ4v) is 3.50. The van der Waals surface area contributed by atoms with Crippen LogP contribution in [-0.2, 0) is 9.53 Å². The Morgan fingerprint density at radius 1 is 1.50 bits per heavy atom. The van der Waals surface area contributed by atoms with Gasteiger partial charge in [0.1, 0.15) is 6.33 Å². The molecule has 128 valence electrons. The molecule has 0 N–H and O–H groups in total. The van der Waals surface area contributed by atoms with Gasteiger partial charge in [-0.2, -0.15) is 0 Å². The molecule has 0 spiro atoms. The van der Waals surface area contributed by atoms with Crippen molar-refractivity contribution in [3.05, 3.63) is 35.1 Å². The highest BCUT2D eigenvalue weighted by molar-refractivity contribution is 7.99. The molecule has 2 aromatic rings. The summed E-state index contributed by atoms with van der Waals surface area (Å²) in [5.74, 6) is 0.414. The van der Waals surface area contributed by atoms with Crippen molar-refractivity contribution >= 4 is 29.3 Å². The summed E-state index contributed by atoms with van der Waals surface area (Å²) in [5, 5.41) is 9.43. The fourth-order valence-electron chi connectivity index (χ4n) is 2.49. The average molecular weight is 367 g/mol. The van der Waals surface area contributed by atoms with Gasteiger partial charge in [0.2, 0.25) is 5.91 Å². The van der Waals surface area contributed by atoms with Gasteiger partial charge in [-0.15, -0.1) is 10.2 Å². The van der Waals surface area contributed by atoms with Crippen molar-refractivity contribution in [2.75, 3.05) is 25.4 Å². The molecule has 0 radical (unpaired) electrons. The van der Waals surface area contributed by atoms with E-state index < -0.39 is 0 Å². The Morgan fingerprint density at radius 3 is 3.08 bits per heavy atom. The molecular weight excluding hydrogens is 348 g/mol. The summed E-state index contributed by atoms with van der Waals surface area (Å²) >= 11 is 7.57. The van der Waals surface area contributed by atoms with Crippen LogP contribution < -0.4 is 0 Å². The number of hydrogen-bond acceptors (Lipinski definition) is 5. The molecule has 8 heteroatoms. The monoisotopic (exact) mass is 366 g/mol. The summed E-state index contributed by atoms with van der Waals surface area (Å²) in [7, 11) is 0. The molecule has 0 aliphatic carbocycles. The van der Waals surface area contributed by atoms with Gasteiger partial charge >= 0.3 is 0 Å². The summed E-state index contributed by atoms with van der Waals surface area (Å²) in [6.45, 7) is 5.81. The quantitative estimate of drug-likeness (QED) is 0.778. The van der Waals surface area contributed by atoms with Gasteiger partial charge in [-0.1, -0.05) is 29.4 Å². The Labute approximate surface area is 150 Å². The van der Waals surface area contributed by atoms with Crippen LogP contribution in [0, 0.1) is 6.92 Å². The van der Waals surface area contributed by atoms with Crippen LogP contribution in [0.15, 0.2) is 29.7 Å². The minimum atomic E-state index is 0.0889. The van der Waals surface area contributed by atoms with Gasteiger partial charge in [-0.05, 0) is 31.5 Å². The number of benzene rings is 1. The molecule has 24 heavy (non-hydrogen) atoms. The maximum absolute atomic E-state index is 12.4. The highest BCUT2D eigenvalue weighted by Crippen LogP contribution is 2.24. The lowest BCUT2D eigenvalue weighted by molar-refractivity contribution is -0.135. The van der Waals surface area contributed by atoms with Gasteiger partial charge in [0.15, 0.2) is 5.16 Å². The van der Waals surface area contributed by atoms with Gasteiger partial charge in [-0.3, -0.25) is 9.36 Å². The summed E-state index contributed by atoms with van der Waals surface area (Å²) in [4.78, 5) is 14.2. The Balaban J connectivity index is 1.67. The van der Waals surface area contributed by atoms with Crippen LogP contribution in [0.25, 0.3) is 5.69 Å². The molecule has 1 atom stereocenters. The Kier molecular flexibility index (Phi) is 5.43. The maximum atomic E-state index is 12.4. The molecule has 2 heterocycles. The van der Waals surface area contributed by atoms with Crippen molar-refractivity contribution in [3.8, 4) is 5.69 Å². The summed E-state index contributed by atoms with van der Waals surface area (Å²) < 4.78 is 7.31. The molecule has 3 rings (SSSR count). The molecule has 1 aliphatic heterocycles. The Bertz CT molecular complexity index is 737. The fraction of sp³-hybridized carbons (Fsp3) is 0.438. The third-order valence-corrected chi connectivity index (χ3v) is 5.20. The predicted molar refractivity (Wildman–Crippen MR) is 93.8 cm³/mol. The summed E-state index contributed by atoms with van der Waals surface area (Å²) in [6, 6.07) is 5.78. The number of thioether (sulfide) groups is 1. The smallest absolute Gasteiger partial charge is 0.233 e. The number of halogens is 1. The molecule has 1 fully saturated rings. The number of amides is 1. The lowest BCUT2D eigenvalue weighted by Crippen LogP contribution is -2.45. The topological polar surface area (TPSA) is 60.2 Å². The first-order valence-electron chi connectivity index (χ1n) is 7.73. The van der Waals surface area contributed by atoms with Crippen LogP contribution in [-0.4, -0.2) is 57.1 Å². The molecule has 0 saturated carbocycles. The normalized spacial score (nSPS) is 18.0. The van der Waals surface area contributed by atoms with Crippen LogP contribution in [0.5, 0.6) is 0 Å². The maximum Gasteiger partial charge on any atom is 0.233 e. The van der Waals surface area contributed by atoms with E-state index in [0.29, 0.717) is 35.6 Å². The largest absolute Gasteiger partial charge is 0.375 e. The Morgan fingerprint density at radius 2 is 2.33 bits per heavy atom. The van der Waals surface area contributed by atoms with E-state index in [1.54, 1.807) is 6.33 Å². The van der Waals surface area contributed by atoms with Crippen LogP contribution in [0.2, 0.25) is 5.02 Å². The molecule has 1 aromatic carbocycles. The highest BCUT2D eigenvalue weighted by Gasteiger charge is 2.22. The van der Waals surface area contributed by atoms with Crippen molar-refractivity contribution in [3.63, 3.8) is 0 Å². The second kappa shape index (κ2) is 7.55. The number of nitrogens with zero attached hydrogens (tertiary/aromatic N) is 4. The van der Waals surface area contributed by atoms with Crippen LogP contribution in [0.4, 0.5) is 0 Å². The van der Waals surface area contributed by atoms with E-state index in [9.17, 15) is 4.79 Å². The van der Waals surface area contributed by atoms with Gasteiger partial charge in [0.05, 0.1) is 24.2 Å². The number of carbonyl (C=O) groups excluding carboxylic acids is 1. The van der Waals surface area contributed by atoms with Gasteiger partial charge in [0.25, 0.3) is 0 Å². The van der Waals surface area contributed by atoms with Crippen LogP contribution in [0.3, 0.4) is 0 Å². The predicted octanol–water partition coefficient (Wildman–Crippen LogP) is 2.57. The second-order valence-corrected chi connectivity index (χ2v) is 7.08. The molecule has 1 aliphatic rings. The van der Waals surface area contributed by atoms with E-state index in [1.807, 2.05) is 41.5 Å². The van der Waals surface area contributed by atoms with E-state index in [4.69, 9.17) is 16.3 Å². The van der Waals surface area contributed by atoms with E-state index in [-0.39, 0.29) is 12.0 Å².